The van der Waals surface area contributed by atoms with Gasteiger partial charge in [0.2, 0.25) is 0 Å². The molecule has 8 nitrogen and oxygen atoms in total. The molecule has 0 radical (unpaired) electrons. The Morgan fingerprint density at radius 3 is 2.32 bits per heavy atom. The molecule has 1 unspecified atom stereocenters. The highest BCUT2D eigenvalue weighted by Crippen LogP contribution is 2.44. The molecule has 1 aliphatic rings. The van der Waals surface area contributed by atoms with Gasteiger partial charge < -0.3 is 14.6 Å². The van der Waals surface area contributed by atoms with Crippen LogP contribution in [0.4, 0.5) is 5.13 Å². The molecular formula is C25H22N2O6S. The molecule has 1 aromatic heterocycles. The van der Waals surface area contributed by atoms with Gasteiger partial charge in [-0.15, -0.1) is 0 Å². The fourth-order valence-corrected chi connectivity index (χ4v) is 4.86. The summed E-state index contributed by atoms with van der Waals surface area (Å²) >= 11 is 1.03. The third-order valence-electron chi connectivity index (χ3n) is 5.53. The van der Waals surface area contributed by atoms with E-state index in [1.165, 1.54) is 26.0 Å². The van der Waals surface area contributed by atoms with Crippen molar-refractivity contribution >= 4 is 39.7 Å². The Bertz CT molecular complexity index is 1330. The molecule has 4 rings (SSSR count). The van der Waals surface area contributed by atoms with E-state index in [4.69, 9.17) is 9.47 Å². The second-order valence-electron chi connectivity index (χ2n) is 7.64. The first-order chi connectivity index (χ1) is 16.3. The average molecular weight is 479 g/mol. The summed E-state index contributed by atoms with van der Waals surface area (Å²) in [4.78, 5) is 44.5. The highest BCUT2D eigenvalue weighted by atomic mass is 32.1. The number of benzene rings is 2. The van der Waals surface area contributed by atoms with Crippen LogP contribution < -0.4 is 14.4 Å². The van der Waals surface area contributed by atoms with Crippen molar-refractivity contribution in [3.8, 4) is 11.5 Å². The Hall–Kier alpha value is -3.98. The molecule has 3 aromatic rings. The Morgan fingerprint density at radius 1 is 1.06 bits per heavy atom. The molecule has 1 saturated heterocycles. The minimum Gasteiger partial charge on any atom is -0.507 e. The van der Waals surface area contributed by atoms with Crippen LogP contribution in [0.2, 0.25) is 0 Å². The molecule has 0 spiro atoms. The van der Waals surface area contributed by atoms with Crippen molar-refractivity contribution in [1.29, 1.82) is 0 Å². The number of thiazole rings is 1. The molecule has 1 atom stereocenters. The molecule has 174 valence electrons. The Morgan fingerprint density at radius 2 is 1.74 bits per heavy atom. The van der Waals surface area contributed by atoms with E-state index in [1.54, 1.807) is 55.5 Å². The van der Waals surface area contributed by atoms with Crippen LogP contribution >= 0.6 is 11.3 Å². The maximum Gasteiger partial charge on any atom is 0.301 e. The van der Waals surface area contributed by atoms with E-state index in [0.717, 1.165) is 11.3 Å². The lowest BCUT2D eigenvalue weighted by Gasteiger charge is -2.23. The van der Waals surface area contributed by atoms with Gasteiger partial charge in [-0.2, -0.15) is 0 Å². The van der Waals surface area contributed by atoms with Gasteiger partial charge in [-0.1, -0.05) is 23.5 Å². The van der Waals surface area contributed by atoms with Crippen LogP contribution in [0.5, 0.6) is 11.5 Å². The van der Waals surface area contributed by atoms with Crippen LogP contribution in [0.25, 0.3) is 5.76 Å². The zero-order valence-electron chi connectivity index (χ0n) is 19.0. The van der Waals surface area contributed by atoms with Crippen LogP contribution in [0.15, 0.2) is 54.1 Å². The predicted octanol–water partition coefficient (Wildman–Crippen LogP) is 4.30. The number of aliphatic hydroxyl groups excluding tert-OH is 1. The molecule has 2 aromatic carbocycles. The third kappa shape index (κ3) is 3.94. The van der Waals surface area contributed by atoms with Gasteiger partial charge in [-0.25, -0.2) is 4.98 Å². The molecule has 9 heteroatoms. The fourth-order valence-electron chi connectivity index (χ4n) is 3.87. The zero-order chi connectivity index (χ0) is 24.6. The van der Waals surface area contributed by atoms with Crippen molar-refractivity contribution in [2.75, 3.05) is 19.1 Å². The number of carbonyl (C=O) groups excluding carboxylic acids is 3. The first-order valence-electron chi connectivity index (χ1n) is 10.3. The Labute approximate surface area is 200 Å². The summed E-state index contributed by atoms with van der Waals surface area (Å²) in [7, 11) is 3.03. The molecule has 2 heterocycles. The number of Topliss-reactive ketones (excluding diaryl/α,β-unsaturated/α-hetero) is 2. The van der Waals surface area contributed by atoms with Gasteiger partial charge in [-0.3, -0.25) is 19.3 Å². The maximum atomic E-state index is 13.2. The topological polar surface area (TPSA) is 106 Å². The van der Waals surface area contributed by atoms with Crippen molar-refractivity contribution < 1.29 is 29.0 Å². The molecule has 0 bridgehead atoms. The zero-order valence-corrected chi connectivity index (χ0v) is 19.8. The standard InChI is InChI=1S/C25H22N2O6S/c1-13-23(14(2)28)34-25(26-13)27-20(16-6-5-7-18(12-16)33-4)19(22(30)24(27)31)21(29)15-8-10-17(32-3)11-9-15/h5-12,20,29H,1-4H3. The number of carbonyl (C=O) groups is 3. The number of hydrogen-bond donors (Lipinski definition) is 1. The van der Waals surface area contributed by atoms with Crippen LogP contribution in [0.3, 0.4) is 0 Å². The number of aliphatic hydroxyl groups is 1. The smallest absolute Gasteiger partial charge is 0.301 e. The molecule has 1 aliphatic heterocycles. The van der Waals surface area contributed by atoms with Crippen LogP contribution in [0, 0.1) is 6.92 Å². The van der Waals surface area contributed by atoms with Gasteiger partial charge >= 0.3 is 5.91 Å². The third-order valence-corrected chi connectivity index (χ3v) is 6.79. The molecule has 0 saturated carbocycles. The van der Waals surface area contributed by atoms with Crippen LogP contribution in [0.1, 0.15) is 39.5 Å². The summed E-state index contributed by atoms with van der Waals surface area (Å²) < 4.78 is 10.5. The van der Waals surface area contributed by atoms with E-state index >= 15 is 0 Å². The SMILES string of the molecule is COc1ccc(C(O)=C2C(=O)C(=O)N(c3nc(C)c(C(C)=O)s3)C2c2cccc(OC)c2)cc1. The average Bonchev–Trinajstić information content (AvgIpc) is 3.35. The monoisotopic (exact) mass is 478 g/mol. The van der Waals surface area contributed by atoms with Crippen molar-refractivity contribution in [2.24, 2.45) is 0 Å². The molecule has 1 amide bonds. The molecule has 1 N–H and O–H groups in total. The Balaban J connectivity index is 1.94. The number of amides is 1. The van der Waals surface area contributed by atoms with Gasteiger partial charge in [0.25, 0.3) is 5.78 Å². The summed E-state index contributed by atoms with van der Waals surface area (Å²) in [6.45, 7) is 3.09. The van der Waals surface area contributed by atoms with E-state index in [2.05, 4.69) is 4.98 Å². The first-order valence-corrected chi connectivity index (χ1v) is 11.2. The van der Waals surface area contributed by atoms with Gasteiger partial charge in [0, 0.05) is 12.5 Å². The van der Waals surface area contributed by atoms with Crippen LogP contribution in [-0.2, 0) is 9.59 Å². The number of nitrogens with zero attached hydrogens (tertiary/aromatic N) is 2. The summed E-state index contributed by atoms with van der Waals surface area (Å²) in [5.74, 6) is -1.10. The first kappa shape index (κ1) is 23.2. The van der Waals surface area contributed by atoms with Gasteiger partial charge in [0.05, 0.1) is 36.4 Å². The molecule has 1 fully saturated rings. The number of aryl methyl sites for hydroxylation is 1. The summed E-state index contributed by atoms with van der Waals surface area (Å²) in [6.07, 6.45) is 0. The van der Waals surface area contributed by atoms with Crippen molar-refractivity contribution in [1.82, 2.24) is 4.98 Å². The highest BCUT2D eigenvalue weighted by Gasteiger charge is 2.48. The van der Waals surface area contributed by atoms with E-state index < -0.39 is 17.7 Å². The van der Waals surface area contributed by atoms with E-state index in [9.17, 15) is 19.5 Å². The molecular weight excluding hydrogens is 456 g/mol. The van der Waals surface area contributed by atoms with E-state index in [-0.39, 0.29) is 22.2 Å². The van der Waals surface area contributed by atoms with Crippen molar-refractivity contribution in [3.63, 3.8) is 0 Å². The lowest BCUT2D eigenvalue weighted by molar-refractivity contribution is -0.132. The quantitative estimate of drug-likeness (QED) is 0.244. The lowest BCUT2D eigenvalue weighted by Crippen LogP contribution is -2.29. The van der Waals surface area contributed by atoms with Crippen molar-refractivity contribution in [3.05, 3.63) is 75.8 Å². The summed E-state index contributed by atoms with van der Waals surface area (Å²) in [6, 6.07) is 12.4. The number of hydrogen-bond acceptors (Lipinski definition) is 8. The normalized spacial score (nSPS) is 17.2. The number of methoxy groups -OCH3 is 2. The largest absolute Gasteiger partial charge is 0.507 e. The van der Waals surface area contributed by atoms with Gasteiger partial charge in [0.1, 0.15) is 17.3 Å². The fraction of sp³-hybridized carbons (Fsp3) is 0.200. The second-order valence-corrected chi connectivity index (χ2v) is 8.62. The summed E-state index contributed by atoms with van der Waals surface area (Å²) in [5.41, 5.74) is 1.28. The van der Waals surface area contributed by atoms with E-state index in [1.807, 2.05) is 0 Å². The number of ether oxygens (including phenoxy) is 2. The van der Waals surface area contributed by atoms with Gasteiger partial charge in [-0.05, 0) is 48.9 Å². The van der Waals surface area contributed by atoms with Gasteiger partial charge in [0.15, 0.2) is 10.9 Å². The number of rotatable bonds is 6. The van der Waals surface area contributed by atoms with Crippen LogP contribution in [-0.4, -0.2) is 41.8 Å². The maximum absolute atomic E-state index is 13.2. The molecule has 34 heavy (non-hydrogen) atoms. The number of aromatic nitrogens is 1. The lowest BCUT2D eigenvalue weighted by atomic mass is 9.95. The second kappa shape index (κ2) is 9.11. The number of ketones is 2. The predicted molar refractivity (Wildman–Crippen MR) is 128 cm³/mol. The summed E-state index contributed by atoms with van der Waals surface area (Å²) in [5, 5.41) is 11.4. The van der Waals surface area contributed by atoms with Crippen molar-refractivity contribution in [2.45, 2.75) is 19.9 Å². The Kier molecular flexibility index (Phi) is 6.21. The minimum absolute atomic E-state index is 0.0827. The highest BCUT2D eigenvalue weighted by molar-refractivity contribution is 7.18. The molecule has 0 aliphatic carbocycles. The minimum atomic E-state index is -0.970. The number of anilines is 1. The van der Waals surface area contributed by atoms with E-state index in [0.29, 0.717) is 33.2 Å².